The molecule has 0 bridgehead atoms. The fourth-order valence-corrected chi connectivity index (χ4v) is 5.00. The van der Waals surface area contributed by atoms with Crippen LogP contribution < -0.4 is 10.5 Å². The number of carbonyl (C=O) groups excluding carboxylic acids is 3. The van der Waals surface area contributed by atoms with E-state index >= 15 is 0 Å². The summed E-state index contributed by atoms with van der Waals surface area (Å²) in [7, 11) is 1.62. The topological polar surface area (TPSA) is 92.9 Å². The molecular weight excluding hydrogens is 442 g/mol. The second kappa shape index (κ2) is 8.91. The van der Waals surface area contributed by atoms with Crippen LogP contribution in [-0.2, 0) is 11.2 Å². The molecule has 3 aromatic rings. The second-order valence-electron chi connectivity index (χ2n) is 8.99. The molecule has 3 amide bonds. The summed E-state index contributed by atoms with van der Waals surface area (Å²) in [5.74, 6) is 0.229. The Bertz CT molecular complexity index is 1360. The van der Waals surface area contributed by atoms with Gasteiger partial charge in [-0.25, -0.2) is 0 Å². The molecule has 1 fully saturated rings. The Morgan fingerprint density at radius 2 is 1.60 bits per heavy atom. The van der Waals surface area contributed by atoms with E-state index in [-0.39, 0.29) is 11.8 Å². The molecule has 0 saturated carbocycles. The number of hydrogen-bond acceptors (Lipinski definition) is 4. The molecule has 1 saturated heterocycles. The maximum Gasteiger partial charge on any atom is 0.253 e. The van der Waals surface area contributed by atoms with Crippen LogP contribution in [0.3, 0.4) is 0 Å². The van der Waals surface area contributed by atoms with Gasteiger partial charge in [0.25, 0.3) is 5.91 Å². The monoisotopic (exact) mass is 469 g/mol. The number of hydrogen-bond donors (Lipinski definition) is 1. The summed E-state index contributed by atoms with van der Waals surface area (Å²) >= 11 is 0. The summed E-state index contributed by atoms with van der Waals surface area (Å²) in [4.78, 5) is 40.8. The van der Waals surface area contributed by atoms with Crippen molar-refractivity contribution in [2.45, 2.75) is 13.3 Å². The average Bonchev–Trinajstić information content (AvgIpc) is 3.25. The van der Waals surface area contributed by atoms with E-state index in [0.29, 0.717) is 43.7 Å². The smallest absolute Gasteiger partial charge is 0.253 e. The first-order chi connectivity index (χ1) is 16.9. The lowest BCUT2D eigenvalue weighted by molar-refractivity contribution is -0.130. The lowest BCUT2D eigenvalue weighted by atomic mass is 9.93. The van der Waals surface area contributed by atoms with Gasteiger partial charge >= 0.3 is 0 Å². The van der Waals surface area contributed by atoms with E-state index < -0.39 is 5.91 Å². The molecule has 2 N–H and O–H groups in total. The lowest BCUT2D eigenvalue weighted by Crippen LogP contribution is -2.50. The Hall–Kier alpha value is -4.13. The van der Waals surface area contributed by atoms with Gasteiger partial charge in [0.2, 0.25) is 11.8 Å². The minimum absolute atomic E-state index is 0.0309. The van der Waals surface area contributed by atoms with Gasteiger partial charge in [0.1, 0.15) is 5.75 Å². The van der Waals surface area contributed by atoms with E-state index in [1.165, 1.54) is 0 Å². The number of piperazine rings is 1. The highest BCUT2D eigenvalue weighted by atomic mass is 16.5. The molecule has 0 radical (unpaired) electrons. The van der Waals surface area contributed by atoms with Gasteiger partial charge in [-0.15, -0.1) is 0 Å². The maximum absolute atomic E-state index is 13.3. The number of rotatable bonds is 4. The summed E-state index contributed by atoms with van der Waals surface area (Å²) in [6, 6.07) is 17.3. The summed E-state index contributed by atoms with van der Waals surface area (Å²) < 4.78 is 5.37. The number of carbonyl (C=O) groups is 3. The molecule has 5 rings (SSSR count). The van der Waals surface area contributed by atoms with Gasteiger partial charge < -0.3 is 20.3 Å². The van der Waals surface area contributed by atoms with Crippen LogP contribution in [-0.4, -0.2) is 60.8 Å². The first kappa shape index (κ1) is 22.7. The first-order valence-electron chi connectivity index (χ1n) is 11.6. The van der Waals surface area contributed by atoms with E-state index in [1.54, 1.807) is 23.8 Å². The third kappa shape index (κ3) is 4.14. The van der Waals surface area contributed by atoms with Crippen LogP contribution in [0.5, 0.6) is 5.75 Å². The number of primary amides is 1. The Morgan fingerprint density at radius 1 is 0.857 bits per heavy atom. The van der Waals surface area contributed by atoms with Crippen LogP contribution in [0.15, 0.2) is 54.6 Å². The third-order valence-electron chi connectivity index (χ3n) is 6.94. The standard InChI is InChI=1S/C28H27N3O4/c1-17(32)30-8-10-31(11-9-30)28(34)20-7-6-19-13-25-24(23(19)14-20)15-21(16-26(25)27(29)33)18-4-3-5-22(12-18)35-2/h3-7,12,14-16H,8-11,13H2,1-2H3,(H2,29,33). The van der Waals surface area contributed by atoms with Crippen LogP contribution >= 0.6 is 0 Å². The van der Waals surface area contributed by atoms with Crippen molar-refractivity contribution in [2.75, 3.05) is 33.3 Å². The zero-order valence-corrected chi connectivity index (χ0v) is 19.8. The Kier molecular flexibility index (Phi) is 5.76. The normalized spacial score (nSPS) is 14.3. The van der Waals surface area contributed by atoms with E-state index in [4.69, 9.17) is 10.5 Å². The number of benzene rings is 3. The van der Waals surface area contributed by atoms with Crippen molar-refractivity contribution in [1.29, 1.82) is 0 Å². The molecule has 0 aromatic heterocycles. The molecule has 0 spiro atoms. The Balaban J connectivity index is 1.52. The number of nitrogens with two attached hydrogens (primary N) is 1. The molecule has 35 heavy (non-hydrogen) atoms. The fourth-order valence-electron chi connectivity index (χ4n) is 5.00. The SMILES string of the molecule is COc1cccc(-c2cc(C(N)=O)c3c(c2)-c2cc(C(=O)N4CCN(C(C)=O)CC4)ccc2C3)c1. The van der Waals surface area contributed by atoms with Gasteiger partial charge in [-0.3, -0.25) is 14.4 Å². The van der Waals surface area contributed by atoms with Crippen molar-refractivity contribution in [3.63, 3.8) is 0 Å². The molecule has 1 heterocycles. The van der Waals surface area contributed by atoms with Crippen LogP contribution in [0.1, 0.15) is 38.8 Å². The van der Waals surface area contributed by atoms with Crippen molar-refractivity contribution < 1.29 is 19.1 Å². The van der Waals surface area contributed by atoms with Gasteiger partial charge in [-0.1, -0.05) is 18.2 Å². The number of amides is 3. The number of fused-ring (bicyclic) bond motifs is 3. The molecule has 0 atom stereocenters. The molecule has 7 nitrogen and oxygen atoms in total. The predicted molar refractivity (Wildman–Crippen MR) is 133 cm³/mol. The van der Waals surface area contributed by atoms with Crippen LogP contribution in [0, 0.1) is 0 Å². The van der Waals surface area contributed by atoms with E-state index in [1.807, 2.05) is 48.5 Å². The van der Waals surface area contributed by atoms with E-state index in [9.17, 15) is 14.4 Å². The summed E-state index contributed by atoms with van der Waals surface area (Å²) in [6.07, 6.45) is 0.590. The molecule has 0 unspecified atom stereocenters. The number of nitrogens with zero attached hydrogens (tertiary/aromatic N) is 2. The van der Waals surface area contributed by atoms with Gasteiger partial charge in [0, 0.05) is 44.2 Å². The van der Waals surface area contributed by atoms with Crippen molar-refractivity contribution in [1.82, 2.24) is 9.80 Å². The molecule has 178 valence electrons. The van der Waals surface area contributed by atoms with Crippen molar-refractivity contribution in [2.24, 2.45) is 5.73 Å². The molecule has 1 aliphatic carbocycles. The predicted octanol–water partition coefficient (Wildman–Crippen LogP) is 3.34. The van der Waals surface area contributed by atoms with Crippen LogP contribution in [0.2, 0.25) is 0 Å². The van der Waals surface area contributed by atoms with Crippen LogP contribution in [0.25, 0.3) is 22.3 Å². The highest BCUT2D eigenvalue weighted by Crippen LogP contribution is 2.42. The van der Waals surface area contributed by atoms with Gasteiger partial charge in [0.05, 0.1) is 7.11 Å². The zero-order chi connectivity index (χ0) is 24.7. The first-order valence-corrected chi connectivity index (χ1v) is 11.6. The largest absolute Gasteiger partial charge is 0.497 e. The third-order valence-corrected chi connectivity index (χ3v) is 6.94. The van der Waals surface area contributed by atoms with E-state index in [2.05, 4.69) is 6.07 Å². The summed E-state index contributed by atoms with van der Waals surface area (Å²) in [5, 5.41) is 0. The molecule has 3 aromatic carbocycles. The molecule has 1 aliphatic heterocycles. The molecule has 7 heteroatoms. The number of ether oxygens (including phenoxy) is 1. The zero-order valence-electron chi connectivity index (χ0n) is 19.8. The Labute approximate surface area is 204 Å². The van der Waals surface area contributed by atoms with Crippen molar-refractivity contribution >= 4 is 17.7 Å². The summed E-state index contributed by atoms with van der Waals surface area (Å²) in [5.41, 5.74) is 12.5. The highest BCUT2D eigenvalue weighted by Gasteiger charge is 2.28. The van der Waals surface area contributed by atoms with Gasteiger partial charge in [0.15, 0.2) is 0 Å². The highest BCUT2D eigenvalue weighted by molar-refractivity contribution is 6.01. The van der Waals surface area contributed by atoms with Gasteiger partial charge in [-0.05, 0) is 76.2 Å². The van der Waals surface area contributed by atoms with Gasteiger partial charge in [-0.2, -0.15) is 0 Å². The lowest BCUT2D eigenvalue weighted by Gasteiger charge is -2.34. The second-order valence-corrected chi connectivity index (χ2v) is 8.99. The maximum atomic E-state index is 13.3. The summed E-state index contributed by atoms with van der Waals surface area (Å²) in [6.45, 7) is 3.66. The van der Waals surface area contributed by atoms with E-state index in [0.717, 1.165) is 39.1 Å². The Morgan fingerprint density at radius 3 is 2.29 bits per heavy atom. The average molecular weight is 470 g/mol. The quantitative estimate of drug-likeness (QED) is 0.496. The molecular formula is C28H27N3O4. The fraction of sp³-hybridized carbons (Fsp3) is 0.250. The van der Waals surface area contributed by atoms with Crippen LogP contribution in [0.4, 0.5) is 0 Å². The van der Waals surface area contributed by atoms with Crippen molar-refractivity contribution in [3.8, 4) is 28.0 Å². The number of methoxy groups -OCH3 is 1. The van der Waals surface area contributed by atoms with Crippen molar-refractivity contribution in [3.05, 3.63) is 76.9 Å². The minimum Gasteiger partial charge on any atom is -0.497 e. The molecule has 2 aliphatic rings. The minimum atomic E-state index is -0.474.